The minimum Gasteiger partial charge on any atom is -0.377 e. The molecule has 0 aromatic carbocycles. The second-order valence-electron chi connectivity index (χ2n) is 4.07. The Hall–Kier alpha value is 0.154. The molecular weight excluding hydrogens is 284 g/mol. The highest BCUT2D eigenvalue weighted by molar-refractivity contribution is 6.74. The molecule has 0 bridgehead atoms. The van der Waals surface area contributed by atoms with Crippen LogP contribution in [-0.4, -0.2) is 59.1 Å². The molecule has 0 fully saturated rings. The summed E-state index contributed by atoms with van der Waals surface area (Å²) < 4.78 is 28.1. The molecule has 19 heavy (non-hydrogen) atoms. The molecule has 0 amide bonds. The lowest BCUT2D eigenvalue weighted by atomic mass is 10.5. The smallest absolute Gasteiger partial charge is 0.377 e. The van der Waals surface area contributed by atoms with E-state index in [0.717, 1.165) is 12.8 Å². The Morgan fingerprint density at radius 1 is 0.684 bits per heavy atom. The van der Waals surface area contributed by atoms with Gasteiger partial charge in [-0.3, -0.25) is 0 Å². The van der Waals surface area contributed by atoms with Crippen molar-refractivity contribution in [3.05, 3.63) is 0 Å². The van der Waals surface area contributed by atoms with Gasteiger partial charge in [0.2, 0.25) is 0 Å². The van der Waals surface area contributed by atoms with Gasteiger partial charge < -0.3 is 33.3 Å². The van der Waals surface area contributed by atoms with E-state index >= 15 is 0 Å². The highest BCUT2D eigenvalue weighted by atomic mass is 28.5. The van der Waals surface area contributed by atoms with Crippen LogP contribution in [0.1, 0.15) is 12.8 Å². The molecule has 4 N–H and O–H groups in total. The van der Waals surface area contributed by atoms with Crippen LogP contribution >= 0.6 is 0 Å². The Bertz CT molecular complexity index is 206. The van der Waals surface area contributed by atoms with Crippen LogP contribution in [0.15, 0.2) is 0 Å². The van der Waals surface area contributed by atoms with E-state index in [1.165, 1.54) is 0 Å². The van der Waals surface area contributed by atoms with Crippen LogP contribution in [0.4, 0.5) is 0 Å². The molecule has 0 unspecified atom stereocenters. The van der Waals surface area contributed by atoms with Crippen LogP contribution in [0.2, 0.25) is 12.1 Å². The van der Waals surface area contributed by atoms with Crippen molar-refractivity contribution in [2.75, 3.05) is 41.5 Å². The van der Waals surface area contributed by atoms with Gasteiger partial charge in [-0.05, 0) is 25.9 Å². The van der Waals surface area contributed by atoms with E-state index in [1.807, 2.05) is 0 Å². The van der Waals surface area contributed by atoms with E-state index < -0.39 is 17.6 Å². The first-order valence-electron chi connectivity index (χ1n) is 6.38. The van der Waals surface area contributed by atoms with Crippen LogP contribution in [0.25, 0.3) is 0 Å². The largest absolute Gasteiger partial charge is 0.493 e. The van der Waals surface area contributed by atoms with Crippen molar-refractivity contribution in [2.45, 2.75) is 24.9 Å². The highest BCUT2D eigenvalue weighted by Crippen LogP contribution is 2.25. The Labute approximate surface area is 118 Å². The van der Waals surface area contributed by atoms with Crippen LogP contribution in [0.3, 0.4) is 0 Å². The lowest BCUT2D eigenvalue weighted by Crippen LogP contribution is -2.57. The van der Waals surface area contributed by atoms with Gasteiger partial charge in [0.1, 0.15) is 0 Å². The van der Waals surface area contributed by atoms with Gasteiger partial charge in [-0.2, -0.15) is 0 Å². The molecule has 0 aromatic rings. The molecular formula is C10H28N2O5Si2. The van der Waals surface area contributed by atoms with Crippen LogP contribution in [-0.2, 0) is 21.8 Å². The van der Waals surface area contributed by atoms with Gasteiger partial charge in [-0.25, -0.2) is 0 Å². The predicted molar refractivity (Wildman–Crippen MR) is 77.6 cm³/mol. The van der Waals surface area contributed by atoms with E-state index in [-0.39, 0.29) is 0 Å². The molecule has 0 radical (unpaired) electrons. The second-order valence-corrected chi connectivity index (χ2v) is 10.3. The molecule has 0 aliphatic rings. The summed E-state index contributed by atoms with van der Waals surface area (Å²) in [5, 5.41) is 0. The van der Waals surface area contributed by atoms with Crippen molar-refractivity contribution < 1.29 is 21.8 Å². The third-order valence-electron chi connectivity index (χ3n) is 2.93. The molecule has 0 rings (SSSR count). The minimum absolute atomic E-state index is 0.558. The molecule has 0 saturated heterocycles. The first kappa shape index (κ1) is 19.2. The lowest BCUT2D eigenvalue weighted by Gasteiger charge is -2.35. The zero-order valence-electron chi connectivity index (χ0n) is 12.4. The average Bonchev–Trinajstić information content (AvgIpc) is 2.48. The highest BCUT2D eigenvalue weighted by Gasteiger charge is 2.51. The van der Waals surface area contributed by atoms with Gasteiger partial charge in [0.15, 0.2) is 0 Å². The molecule has 0 aromatic heterocycles. The van der Waals surface area contributed by atoms with Crippen molar-refractivity contribution >= 4 is 17.6 Å². The Morgan fingerprint density at radius 3 is 1.21 bits per heavy atom. The summed E-state index contributed by atoms with van der Waals surface area (Å²) in [4.78, 5) is 0. The summed E-state index contributed by atoms with van der Waals surface area (Å²) in [5.74, 6) is 0. The van der Waals surface area contributed by atoms with Gasteiger partial charge in [0, 0.05) is 40.5 Å². The van der Waals surface area contributed by atoms with Gasteiger partial charge in [0.05, 0.1) is 0 Å². The monoisotopic (exact) mass is 312 g/mol. The molecule has 0 heterocycles. The van der Waals surface area contributed by atoms with E-state index in [2.05, 4.69) is 0 Å². The fourth-order valence-corrected chi connectivity index (χ4v) is 8.19. The maximum absolute atomic E-state index is 6.10. The summed E-state index contributed by atoms with van der Waals surface area (Å²) in [6.45, 7) is 1.12. The Balaban J connectivity index is 4.90. The first-order valence-corrected chi connectivity index (χ1v) is 10.2. The van der Waals surface area contributed by atoms with Crippen molar-refractivity contribution in [1.82, 2.24) is 0 Å². The predicted octanol–water partition coefficient (Wildman–Crippen LogP) is 0.164. The summed E-state index contributed by atoms with van der Waals surface area (Å²) in [6, 6.07) is 1.28. The number of rotatable bonds is 12. The van der Waals surface area contributed by atoms with Crippen molar-refractivity contribution in [2.24, 2.45) is 11.5 Å². The van der Waals surface area contributed by atoms with Gasteiger partial charge in [0.25, 0.3) is 0 Å². The molecule has 7 nitrogen and oxygen atoms in total. The fourth-order valence-electron chi connectivity index (χ4n) is 1.72. The molecule has 0 spiro atoms. The van der Waals surface area contributed by atoms with Gasteiger partial charge >= 0.3 is 17.6 Å². The minimum atomic E-state index is -2.80. The number of nitrogens with two attached hydrogens (primary N) is 2. The van der Waals surface area contributed by atoms with Crippen LogP contribution in [0, 0.1) is 0 Å². The van der Waals surface area contributed by atoms with Crippen molar-refractivity contribution in [3.63, 3.8) is 0 Å². The van der Waals surface area contributed by atoms with Crippen molar-refractivity contribution in [1.29, 1.82) is 0 Å². The Morgan fingerprint density at radius 2 is 1.00 bits per heavy atom. The van der Waals surface area contributed by atoms with Gasteiger partial charge in [-0.15, -0.1) is 0 Å². The van der Waals surface area contributed by atoms with Crippen molar-refractivity contribution in [3.8, 4) is 0 Å². The molecule has 0 saturated carbocycles. The third kappa shape index (κ3) is 5.98. The van der Waals surface area contributed by atoms with E-state index in [9.17, 15) is 0 Å². The first-order chi connectivity index (χ1) is 9.07. The zero-order valence-corrected chi connectivity index (χ0v) is 14.4. The molecule has 9 heteroatoms. The lowest BCUT2D eigenvalue weighted by molar-refractivity contribution is 0.0861. The summed E-state index contributed by atoms with van der Waals surface area (Å²) in [5.41, 5.74) is 11.1. The van der Waals surface area contributed by atoms with Crippen LogP contribution < -0.4 is 11.5 Å². The quantitative estimate of drug-likeness (QED) is 0.495. The van der Waals surface area contributed by atoms with E-state index in [1.54, 1.807) is 28.4 Å². The summed E-state index contributed by atoms with van der Waals surface area (Å²) in [6.07, 6.45) is 1.53. The number of hydrogen-bond acceptors (Lipinski definition) is 7. The molecule has 116 valence electrons. The maximum atomic E-state index is 6.10. The van der Waals surface area contributed by atoms with E-state index in [4.69, 9.17) is 33.3 Å². The normalized spacial score (nSPS) is 12.9. The summed E-state index contributed by atoms with van der Waals surface area (Å²) in [7, 11) is 0.730. The second kappa shape index (κ2) is 9.96. The topological polar surface area (TPSA) is 98.2 Å². The Kier molecular flexibility index (Phi) is 10.0. The molecule has 0 aliphatic carbocycles. The molecule has 0 aliphatic heterocycles. The maximum Gasteiger partial charge on any atom is 0.493 e. The standard InChI is InChI=1S/C10H28N2O5Si2/c1-13-18(14-2,9-5-7-11)17-19(15-3,16-4)10-6-8-12/h5-12H2,1-4H3. The zero-order chi connectivity index (χ0) is 14.8. The van der Waals surface area contributed by atoms with E-state index in [0.29, 0.717) is 25.2 Å². The SMILES string of the molecule is CO[Si](CCCN)(OC)O[Si](CCCN)(OC)OC. The number of hydrogen-bond donors (Lipinski definition) is 2. The third-order valence-corrected chi connectivity index (χ3v) is 9.84. The summed E-state index contributed by atoms with van der Waals surface area (Å²) >= 11 is 0. The molecule has 0 atom stereocenters. The van der Waals surface area contributed by atoms with Crippen LogP contribution in [0.5, 0.6) is 0 Å². The van der Waals surface area contributed by atoms with Gasteiger partial charge in [-0.1, -0.05) is 0 Å². The average molecular weight is 313 g/mol. The fraction of sp³-hybridized carbons (Fsp3) is 1.00.